The number of carbonyl (C=O) groups is 1. The summed E-state index contributed by atoms with van der Waals surface area (Å²) in [5, 5.41) is 19.5. The fraction of sp³-hybridized carbons (Fsp3) is 0.667. The van der Waals surface area contributed by atoms with Crippen LogP contribution in [-0.4, -0.2) is 28.2 Å². The first-order chi connectivity index (χ1) is 8.30. The molecule has 3 heteroatoms. The standard InChI is InChI=1S/C15H22O3/c1-10-12-8-11(15(3,18)9-16)4-6-14(12,2)7-5-13(10)17/h5,7,11,16,18H,4,6,8-9H2,1-3H3/t11-,14+,15+/m1/s1. The van der Waals surface area contributed by atoms with Crippen LogP contribution in [0.1, 0.15) is 40.0 Å². The molecule has 0 bridgehead atoms. The molecule has 1 saturated carbocycles. The van der Waals surface area contributed by atoms with Gasteiger partial charge in [0.05, 0.1) is 12.2 Å². The van der Waals surface area contributed by atoms with Gasteiger partial charge in [-0.3, -0.25) is 4.79 Å². The van der Waals surface area contributed by atoms with Crippen molar-refractivity contribution < 1.29 is 15.0 Å². The Kier molecular flexibility index (Phi) is 3.24. The Morgan fingerprint density at radius 1 is 1.56 bits per heavy atom. The van der Waals surface area contributed by atoms with Crippen LogP contribution in [0, 0.1) is 11.3 Å². The Morgan fingerprint density at radius 2 is 2.22 bits per heavy atom. The third-order valence-electron chi connectivity index (χ3n) is 4.78. The molecule has 0 heterocycles. The lowest BCUT2D eigenvalue weighted by Crippen LogP contribution is -2.43. The molecular formula is C15H22O3. The monoisotopic (exact) mass is 250 g/mol. The summed E-state index contributed by atoms with van der Waals surface area (Å²) in [6.07, 6.45) is 6.17. The topological polar surface area (TPSA) is 57.5 Å². The Hall–Kier alpha value is -0.930. The molecule has 0 aromatic carbocycles. The first-order valence-corrected chi connectivity index (χ1v) is 6.57. The maximum Gasteiger partial charge on any atom is 0.181 e. The van der Waals surface area contributed by atoms with E-state index in [1.165, 1.54) is 0 Å². The lowest BCUT2D eigenvalue weighted by molar-refractivity contribution is -0.111. The fourth-order valence-electron chi connectivity index (χ4n) is 3.17. The van der Waals surface area contributed by atoms with Crippen LogP contribution >= 0.6 is 0 Å². The van der Waals surface area contributed by atoms with E-state index in [0.29, 0.717) is 6.42 Å². The maximum atomic E-state index is 11.8. The number of fused-ring (bicyclic) bond motifs is 1. The Morgan fingerprint density at radius 3 is 2.83 bits per heavy atom. The van der Waals surface area contributed by atoms with Gasteiger partial charge >= 0.3 is 0 Å². The normalized spacial score (nSPS) is 35.4. The second-order valence-corrected chi connectivity index (χ2v) is 6.17. The van der Waals surface area contributed by atoms with Gasteiger partial charge in [-0.15, -0.1) is 0 Å². The Bertz CT molecular complexity index is 431. The van der Waals surface area contributed by atoms with E-state index in [0.717, 1.165) is 24.0 Å². The number of allylic oxidation sites excluding steroid dienone is 4. The lowest BCUT2D eigenvalue weighted by atomic mass is 9.61. The third-order valence-corrected chi connectivity index (χ3v) is 4.78. The highest BCUT2D eigenvalue weighted by atomic mass is 16.3. The minimum atomic E-state index is -1.06. The SMILES string of the molecule is CC1=C2C[C@H]([C@@](C)(O)CO)CC[C@@]2(C)C=CC1=O. The molecule has 1 fully saturated rings. The van der Waals surface area contributed by atoms with Crippen molar-refractivity contribution in [3.8, 4) is 0 Å². The molecule has 0 spiro atoms. The van der Waals surface area contributed by atoms with Crippen molar-refractivity contribution in [1.82, 2.24) is 0 Å². The van der Waals surface area contributed by atoms with Crippen molar-refractivity contribution >= 4 is 5.78 Å². The summed E-state index contributed by atoms with van der Waals surface area (Å²) in [5.41, 5.74) is 0.859. The quantitative estimate of drug-likeness (QED) is 0.788. The van der Waals surface area contributed by atoms with Crippen molar-refractivity contribution in [2.75, 3.05) is 6.61 Å². The number of aliphatic hydroxyl groups is 2. The molecule has 3 atom stereocenters. The molecule has 0 saturated heterocycles. The van der Waals surface area contributed by atoms with Crippen LogP contribution in [0.3, 0.4) is 0 Å². The van der Waals surface area contributed by atoms with Gasteiger partial charge in [0.15, 0.2) is 5.78 Å². The molecular weight excluding hydrogens is 228 g/mol. The van der Waals surface area contributed by atoms with Gasteiger partial charge in [-0.2, -0.15) is 0 Å². The van der Waals surface area contributed by atoms with Gasteiger partial charge in [-0.1, -0.05) is 18.6 Å². The zero-order valence-corrected chi connectivity index (χ0v) is 11.4. The van der Waals surface area contributed by atoms with Crippen LogP contribution in [0.4, 0.5) is 0 Å². The van der Waals surface area contributed by atoms with E-state index >= 15 is 0 Å². The van der Waals surface area contributed by atoms with E-state index in [1.54, 1.807) is 13.0 Å². The van der Waals surface area contributed by atoms with E-state index < -0.39 is 5.60 Å². The van der Waals surface area contributed by atoms with Crippen molar-refractivity contribution in [3.63, 3.8) is 0 Å². The van der Waals surface area contributed by atoms with Crippen LogP contribution < -0.4 is 0 Å². The summed E-state index contributed by atoms with van der Waals surface area (Å²) in [5.74, 6) is 0.103. The van der Waals surface area contributed by atoms with E-state index in [2.05, 4.69) is 6.92 Å². The van der Waals surface area contributed by atoms with Crippen LogP contribution in [0.15, 0.2) is 23.3 Å². The molecule has 2 aliphatic carbocycles. The van der Waals surface area contributed by atoms with Crippen molar-refractivity contribution in [2.45, 2.75) is 45.6 Å². The molecule has 3 nitrogen and oxygen atoms in total. The third kappa shape index (κ3) is 2.06. The summed E-state index contributed by atoms with van der Waals surface area (Å²) >= 11 is 0. The minimum absolute atomic E-state index is 0.0276. The van der Waals surface area contributed by atoms with Crippen LogP contribution in [0.2, 0.25) is 0 Å². The zero-order chi connectivity index (χ0) is 13.6. The van der Waals surface area contributed by atoms with Crippen LogP contribution in [-0.2, 0) is 4.79 Å². The molecule has 0 unspecified atom stereocenters. The van der Waals surface area contributed by atoms with Gasteiger partial charge in [-0.05, 0) is 50.7 Å². The predicted octanol–water partition coefficient (Wildman–Crippen LogP) is 1.99. The molecule has 0 radical (unpaired) electrons. The van der Waals surface area contributed by atoms with Gasteiger partial charge in [-0.25, -0.2) is 0 Å². The number of hydrogen-bond donors (Lipinski definition) is 2. The first-order valence-electron chi connectivity index (χ1n) is 6.57. The number of ketones is 1. The number of carbonyl (C=O) groups excluding carboxylic acids is 1. The summed E-state index contributed by atoms with van der Waals surface area (Å²) in [7, 11) is 0. The highest BCUT2D eigenvalue weighted by Crippen LogP contribution is 2.49. The molecule has 2 rings (SSSR count). The van der Waals surface area contributed by atoms with Gasteiger partial charge in [0.2, 0.25) is 0 Å². The summed E-state index contributed by atoms with van der Waals surface area (Å²) in [6, 6.07) is 0. The van der Waals surface area contributed by atoms with Crippen molar-refractivity contribution in [2.24, 2.45) is 11.3 Å². The van der Waals surface area contributed by atoms with E-state index in [9.17, 15) is 15.0 Å². The Labute approximate surface area is 108 Å². The molecule has 0 aliphatic heterocycles. The number of aliphatic hydroxyl groups excluding tert-OH is 1. The van der Waals surface area contributed by atoms with Crippen molar-refractivity contribution in [3.05, 3.63) is 23.3 Å². The van der Waals surface area contributed by atoms with Crippen molar-refractivity contribution in [1.29, 1.82) is 0 Å². The lowest BCUT2D eigenvalue weighted by Gasteiger charge is -2.44. The maximum absolute atomic E-state index is 11.8. The summed E-state index contributed by atoms with van der Waals surface area (Å²) in [4.78, 5) is 11.8. The van der Waals surface area contributed by atoms with E-state index in [1.807, 2.05) is 13.0 Å². The van der Waals surface area contributed by atoms with E-state index in [-0.39, 0.29) is 23.7 Å². The number of hydrogen-bond acceptors (Lipinski definition) is 3. The van der Waals surface area contributed by atoms with Gasteiger partial charge in [0.25, 0.3) is 0 Å². The average Bonchev–Trinajstić information content (AvgIpc) is 2.34. The van der Waals surface area contributed by atoms with Gasteiger partial charge in [0.1, 0.15) is 0 Å². The fourth-order valence-corrected chi connectivity index (χ4v) is 3.17. The molecule has 0 amide bonds. The van der Waals surface area contributed by atoms with Gasteiger partial charge in [0, 0.05) is 5.41 Å². The largest absolute Gasteiger partial charge is 0.393 e. The second-order valence-electron chi connectivity index (χ2n) is 6.17. The number of rotatable bonds is 2. The minimum Gasteiger partial charge on any atom is -0.393 e. The van der Waals surface area contributed by atoms with E-state index in [4.69, 9.17) is 0 Å². The highest BCUT2D eigenvalue weighted by molar-refractivity contribution is 6.05. The molecule has 2 aliphatic rings. The highest BCUT2D eigenvalue weighted by Gasteiger charge is 2.43. The average molecular weight is 250 g/mol. The summed E-state index contributed by atoms with van der Waals surface area (Å²) < 4.78 is 0. The molecule has 0 aromatic rings. The Balaban J connectivity index is 2.32. The predicted molar refractivity (Wildman–Crippen MR) is 70.0 cm³/mol. The smallest absolute Gasteiger partial charge is 0.181 e. The molecule has 18 heavy (non-hydrogen) atoms. The molecule has 0 aromatic heterocycles. The second kappa shape index (κ2) is 4.32. The summed E-state index contributed by atoms with van der Waals surface area (Å²) in [6.45, 7) is 5.47. The molecule has 100 valence electrons. The first kappa shape index (κ1) is 13.5. The van der Waals surface area contributed by atoms with Gasteiger partial charge < -0.3 is 10.2 Å². The molecule has 2 N–H and O–H groups in total. The van der Waals surface area contributed by atoms with Crippen LogP contribution in [0.25, 0.3) is 0 Å². The zero-order valence-electron chi connectivity index (χ0n) is 11.4. The van der Waals surface area contributed by atoms with Crippen LogP contribution in [0.5, 0.6) is 0 Å².